The quantitative estimate of drug-likeness (QED) is 0.191. The number of primary amides is 1. The number of amides is 1. The second kappa shape index (κ2) is 10.5. The van der Waals surface area contributed by atoms with Crippen LogP contribution in [-0.4, -0.2) is 65.7 Å². The number of nitrogens with zero attached hydrogens (tertiary/aromatic N) is 6. The van der Waals surface area contributed by atoms with Crippen molar-refractivity contribution in [2.75, 3.05) is 29.9 Å². The summed E-state index contributed by atoms with van der Waals surface area (Å²) in [5, 5.41) is 7.10. The summed E-state index contributed by atoms with van der Waals surface area (Å²) in [5.74, 6) is 0.102. The van der Waals surface area contributed by atoms with Gasteiger partial charge < -0.3 is 34.9 Å². The normalized spacial score (nSPS) is 14.4. The van der Waals surface area contributed by atoms with E-state index in [4.69, 9.17) is 29.2 Å². The van der Waals surface area contributed by atoms with E-state index in [0.29, 0.717) is 47.3 Å². The molecule has 1 amide bonds. The Balaban J connectivity index is 1.20. The van der Waals surface area contributed by atoms with Crippen LogP contribution in [0.2, 0.25) is 0 Å². The molecule has 15 nitrogen and oxygen atoms in total. The first-order valence-corrected chi connectivity index (χ1v) is 13.9. The molecule has 1 fully saturated rings. The number of oxazole rings is 1. The molecule has 1 saturated heterocycles. The van der Waals surface area contributed by atoms with Gasteiger partial charge in [-0.05, 0) is 26.0 Å². The Labute approximate surface area is 228 Å². The zero-order valence-corrected chi connectivity index (χ0v) is 22.9. The Morgan fingerprint density at radius 2 is 2.05 bits per heavy atom. The molecule has 0 aliphatic carbocycles. The molecule has 0 atom stereocenters. The average Bonchev–Trinajstić information content (AvgIpc) is 3.42. The van der Waals surface area contributed by atoms with E-state index in [1.807, 2.05) is 4.90 Å². The van der Waals surface area contributed by atoms with E-state index < -0.39 is 19.3 Å². The van der Waals surface area contributed by atoms with Gasteiger partial charge in [-0.3, -0.25) is 14.0 Å². The molecular formula is C24H29N8O7P. The molecule has 0 saturated carbocycles. The molecule has 4 aromatic rings. The van der Waals surface area contributed by atoms with E-state index in [1.54, 1.807) is 62.4 Å². The number of anilines is 3. The van der Waals surface area contributed by atoms with E-state index in [1.165, 1.54) is 0 Å². The number of phosphoric acid groups is 1. The Bertz CT molecular complexity index is 1590. The number of carbonyl (C=O) groups excluding carboxylic acids is 1. The second-order valence-corrected chi connectivity index (χ2v) is 11.2. The first-order valence-electron chi connectivity index (χ1n) is 12.3. The van der Waals surface area contributed by atoms with Crippen LogP contribution >= 0.6 is 7.82 Å². The van der Waals surface area contributed by atoms with Crippen molar-refractivity contribution in [2.24, 2.45) is 12.8 Å². The lowest BCUT2D eigenvalue weighted by molar-refractivity contribution is 0.0462. The van der Waals surface area contributed by atoms with Crippen molar-refractivity contribution in [3.8, 4) is 5.75 Å². The first kappa shape index (κ1) is 27.5. The predicted molar refractivity (Wildman–Crippen MR) is 143 cm³/mol. The molecule has 1 aromatic carbocycles. The topological polar surface area (TPSA) is 204 Å². The van der Waals surface area contributed by atoms with Gasteiger partial charge >= 0.3 is 7.82 Å². The van der Waals surface area contributed by atoms with Crippen molar-refractivity contribution < 1.29 is 32.8 Å². The number of hydrogen-bond donors (Lipinski definition) is 4. The zero-order chi connectivity index (χ0) is 28.7. The highest BCUT2D eigenvalue weighted by atomic mass is 31.2. The van der Waals surface area contributed by atoms with E-state index in [-0.39, 0.29) is 30.5 Å². The summed E-state index contributed by atoms with van der Waals surface area (Å²) in [6, 6.07) is 5.66. The van der Waals surface area contributed by atoms with Crippen molar-refractivity contribution in [2.45, 2.75) is 31.8 Å². The predicted octanol–water partition coefficient (Wildman–Crippen LogP) is 2.45. The van der Waals surface area contributed by atoms with Crippen LogP contribution < -0.4 is 20.7 Å². The van der Waals surface area contributed by atoms with Gasteiger partial charge in [0.25, 0.3) is 11.9 Å². The van der Waals surface area contributed by atoms with Gasteiger partial charge in [0.1, 0.15) is 11.3 Å². The van der Waals surface area contributed by atoms with E-state index in [0.717, 1.165) is 0 Å². The van der Waals surface area contributed by atoms with Crippen molar-refractivity contribution >= 4 is 42.3 Å². The van der Waals surface area contributed by atoms with Crippen LogP contribution in [0.4, 0.5) is 17.5 Å². The van der Waals surface area contributed by atoms with Crippen LogP contribution in [0.15, 0.2) is 41.2 Å². The lowest BCUT2D eigenvalue weighted by atomic mass is 9.97. The van der Waals surface area contributed by atoms with Crippen LogP contribution in [0.1, 0.15) is 42.4 Å². The van der Waals surface area contributed by atoms with Crippen molar-refractivity contribution in [3.63, 3.8) is 0 Å². The Morgan fingerprint density at radius 1 is 1.27 bits per heavy atom. The molecule has 0 radical (unpaired) electrons. The van der Waals surface area contributed by atoms with Gasteiger partial charge in [0.05, 0.1) is 36.0 Å². The minimum atomic E-state index is -4.60. The summed E-state index contributed by atoms with van der Waals surface area (Å²) in [6.45, 7) is 4.46. The van der Waals surface area contributed by atoms with Crippen LogP contribution in [0, 0.1) is 0 Å². The molecule has 1 aliphatic rings. The van der Waals surface area contributed by atoms with Gasteiger partial charge in [-0.15, -0.1) is 0 Å². The fraction of sp³-hybridized carbons (Fsp3) is 0.375. The summed E-state index contributed by atoms with van der Waals surface area (Å²) >= 11 is 0. The number of phosphoric ester groups is 1. The number of ether oxygens (including phenoxy) is 1. The second-order valence-electron chi connectivity index (χ2n) is 10.1. The van der Waals surface area contributed by atoms with E-state index in [9.17, 15) is 9.36 Å². The fourth-order valence-corrected chi connectivity index (χ4v) is 4.94. The van der Waals surface area contributed by atoms with Crippen LogP contribution in [-0.2, 0) is 16.1 Å². The zero-order valence-electron chi connectivity index (χ0n) is 22.0. The smallest absolute Gasteiger partial charge is 0.470 e. The molecule has 5 N–H and O–H groups in total. The Kier molecular flexibility index (Phi) is 7.23. The number of nitrogens with one attached hydrogen (secondary N) is 1. The summed E-state index contributed by atoms with van der Waals surface area (Å²) < 4.78 is 29.2. The third kappa shape index (κ3) is 6.39. The standard InChI is InChI=1S/C24H29N8O7P/c1-24(2,39-40(34,35)36)6-7-37-16-4-5-17-19(8-16)38-23(30-17)32-11-14(12-32)18-10-26-22(20(29-18)21(25)33)28-15-9-27-31(3)13-15/h4-5,8-10,13-14H,6-7,11-12H2,1-3H3,(H2,25,33)(H,26,28)(H2,34,35,36). The Morgan fingerprint density at radius 3 is 2.73 bits per heavy atom. The van der Waals surface area contributed by atoms with Crippen molar-refractivity contribution in [1.82, 2.24) is 24.7 Å². The number of hydrogen-bond acceptors (Lipinski definition) is 11. The SMILES string of the molecule is Cn1cc(Nc2ncc(C3CN(c4nc5ccc(OCCC(C)(C)OP(=O)(O)O)cc5o4)C3)nc2C(N)=O)cn1. The van der Waals surface area contributed by atoms with Crippen molar-refractivity contribution in [3.05, 3.63) is 48.2 Å². The molecule has 40 heavy (non-hydrogen) atoms. The minimum Gasteiger partial charge on any atom is -0.493 e. The molecule has 5 rings (SSSR count). The number of carbonyl (C=O) groups is 1. The number of aromatic nitrogens is 5. The number of aryl methyl sites for hydroxylation is 1. The van der Waals surface area contributed by atoms with Gasteiger partial charge in [-0.2, -0.15) is 10.1 Å². The monoisotopic (exact) mass is 572 g/mol. The summed E-state index contributed by atoms with van der Waals surface area (Å²) in [6.07, 6.45) is 5.22. The van der Waals surface area contributed by atoms with Gasteiger partial charge in [-0.25, -0.2) is 14.5 Å². The fourth-order valence-electron chi connectivity index (χ4n) is 4.21. The van der Waals surface area contributed by atoms with Gasteiger partial charge in [0, 0.05) is 44.7 Å². The third-order valence-corrected chi connectivity index (χ3v) is 6.98. The molecule has 0 spiro atoms. The maximum atomic E-state index is 12.1. The van der Waals surface area contributed by atoms with Gasteiger partial charge in [0.15, 0.2) is 17.1 Å². The highest BCUT2D eigenvalue weighted by molar-refractivity contribution is 7.46. The lowest BCUT2D eigenvalue weighted by Crippen LogP contribution is -2.45. The number of nitrogens with two attached hydrogens (primary N) is 1. The Hall–Kier alpha value is -4.04. The van der Waals surface area contributed by atoms with Gasteiger partial charge in [0.2, 0.25) is 0 Å². The molecule has 0 unspecified atom stereocenters. The summed E-state index contributed by atoms with van der Waals surface area (Å²) in [4.78, 5) is 45.5. The number of fused-ring (bicyclic) bond motifs is 1. The lowest BCUT2D eigenvalue weighted by Gasteiger charge is -2.37. The molecular weight excluding hydrogens is 543 g/mol. The molecule has 4 heterocycles. The van der Waals surface area contributed by atoms with E-state index in [2.05, 4.69) is 25.4 Å². The maximum absolute atomic E-state index is 12.1. The molecule has 0 bridgehead atoms. The van der Waals surface area contributed by atoms with Crippen LogP contribution in [0.25, 0.3) is 11.1 Å². The highest BCUT2D eigenvalue weighted by Crippen LogP contribution is 2.42. The first-order chi connectivity index (χ1) is 18.8. The highest BCUT2D eigenvalue weighted by Gasteiger charge is 2.34. The van der Waals surface area contributed by atoms with Crippen LogP contribution in [0.5, 0.6) is 5.75 Å². The molecule has 16 heteroatoms. The minimum absolute atomic E-state index is 0.00525. The summed E-state index contributed by atoms with van der Waals surface area (Å²) in [5.41, 5.74) is 7.03. The number of benzene rings is 1. The summed E-state index contributed by atoms with van der Waals surface area (Å²) in [7, 11) is -2.82. The third-order valence-electron chi connectivity index (χ3n) is 6.25. The van der Waals surface area contributed by atoms with E-state index >= 15 is 0 Å². The largest absolute Gasteiger partial charge is 0.493 e. The average molecular weight is 573 g/mol. The maximum Gasteiger partial charge on any atom is 0.470 e. The van der Waals surface area contributed by atoms with Crippen molar-refractivity contribution in [1.29, 1.82) is 0 Å². The molecule has 212 valence electrons. The van der Waals surface area contributed by atoms with Gasteiger partial charge in [-0.1, -0.05) is 0 Å². The molecule has 1 aliphatic heterocycles. The van der Waals surface area contributed by atoms with Crippen LogP contribution in [0.3, 0.4) is 0 Å². The molecule has 3 aromatic heterocycles. The number of rotatable bonds is 11.